The molecule has 0 spiro atoms. The standard InChI is InChI=1S/C17H26N2O2/c1-13(15-4-6-16(18)7-5-15)11-17(21)19-9-2-3-14(12-19)8-10-20/h4-7,13-14,20H,2-3,8-12,18H2,1H3. The molecule has 1 saturated heterocycles. The zero-order valence-electron chi connectivity index (χ0n) is 12.8. The van der Waals surface area contributed by atoms with Crippen molar-refractivity contribution in [3.05, 3.63) is 29.8 Å². The fraction of sp³-hybridized carbons (Fsp3) is 0.588. The summed E-state index contributed by atoms with van der Waals surface area (Å²) in [6.07, 6.45) is 3.51. The van der Waals surface area contributed by atoms with Crippen molar-refractivity contribution in [1.29, 1.82) is 0 Å². The largest absolute Gasteiger partial charge is 0.399 e. The van der Waals surface area contributed by atoms with Crippen LogP contribution in [0.25, 0.3) is 0 Å². The van der Waals surface area contributed by atoms with Crippen molar-refractivity contribution in [1.82, 2.24) is 4.90 Å². The number of nitrogens with two attached hydrogens (primary N) is 1. The van der Waals surface area contributed by atoms with Crippen LogP contribution >= 0.6 is 0 Å². The topological polar surface area (TPSA) is 66.6 Å². The van der Waals surface area contributed by atoms with Crippen molar-refractivity contribution in [2.24, 2.45) is 5.92 Å². The first-order valence-electron chi connectivity index (χ1n) is 7.84. The smallest absolute Gasteiger partial charge is 0.223 e. The number of benzene rings is 1. The van der Waals surface area contributed by atoms with Crippen LogP contribution in [0.3, 0.4) is 0 Å². The molecule has 0 radical (unpaired) electrons. The number of hydrogen-bond acceptors (Lipinski definition) is 3. The van der Waals surface area contributed by atoms with Gasteiger partial charge in [0, 0.05) is 31.8 Å². The SMILES string of the molecule is CC(CC(=O)N1CCCC(CCO)C1)c1ccc(N)cc1. The van der Waals surface area contributed by atoms with Gasteiger partial charge in [-0.15, -0.1) is 0 Å². The third-order valence-electron chi connectivity index (χ3n) is 4.40. The van der Waals surface area contributed by atoms with Crippen LogP contribution in [0.5, 0.6) is 0 Å². The summed E-state index contributed by atoms with van der Waals surface area (Å²) in [5.41, 5.74) is 7.60. The maximum atomic E-state index is 12.4. The molecule has 1 heterocycles. The Bertz CT molecular complexity index is 456. The highest BCUT2D eigenvalue weighted by Gasteiger charge is 2.24. The zero-order chi connectivity index (χ0) is 15.2. The molecular weight excluding hydrogens is 264 g/mol. The van der Waals surface area contributed by atoms with Crippen LogP contribution in [0, 0.1) is 5.92 Å². The van der Waals surface area contributed by atoms with E-state index < -0.39 is 0 Å². The lowest BCUT2D eigenvalue weighted by molar-refractivity contribution is -0.133. The number of likely N-dealkylation sites (tertiary alicyclic amines) is 1. The molecule has 0 aliphatic carbocycles. The molecule has 3 N–H and O–H groups in total. The Morgan fingerprint density at radius 1 is 1.43 bits per heavy atom. The maximum Gasteiger partial charge on any atom is 0.223 e. The second-order valence-electron chi connectivity index (χ2n) is 6.13. The summed E-state index contributed by atoms with van der Waals surface area (Å²) in [4.78, 5) is 14.4. The van der Waals surface area contributed by atoms with Crippen LogP contribution in [-0.2, 0) is 4.79 Å². The molecule has 4 nitrogen and oxygen atoms in total. The number of rotatable bonds is 5. The van der Waals surface area contributed by atoms with Gasteiger partial charge in [-0.1, -0.05) is 19.1 Å². The van der Waals surface area contributed by atoms with Gasteiger partial charge in [-0.25, -0.2) is 0 Å². The normalized spacial score (nSPS) is 20.3. The zero-order valence-corrected chi connectivity index (χ0v) is 12.8. The molecular formula is C17H26N2O2. The van der Waals surface area contributed by atoms with Crippen molar-refractivity contribution in [2.75, 3.05) is 25.4 Å². The maximum absolute atomic E-state index is 12.4. The second kappa shape index (κ2) is 7.46. The minimum Gasteiger partial charge on any atom is -0.399 e. The van der Waals surface area contributed by atoms with Gasteiger partial charge in [-0.3, -0.25) is 4.79 Å². The first-order valence-corrected chi connectivity index (χ1v) is 7.84. The number of hydrogen-bond donors (Lipinski definition) is 2. The minimum absolute atomic E-state index is 0.205. The van der Waals surface area contributed by atoms with Gasteiger partial charge in [0.15, 0.2) is 0 Å². The lowest BCUT2D eigenvalue weighted by Gasteiger charge is -2.33. The second-order valence-corrected chi connectivity index (χ2v) is 6.13. The number of nitrogen functional groups attached to an aromatic ring is 1. The number of carbonyl (C=O) groups excluding carboxylic acids is 1. The molecule has 0 saturated carbocycles. The Hall–Kier alpha value is -1.55. The van der Waals surface area contributed by atoms with Gasteiger partial charge in [-0.05, 0) is 48.8 Å². The third kappa shape index (κ3) is 4.46. The number of aliphatic hydroxyl groups is 1. The summed E-state index contributed by atoms with van der Waals surface area (Å²) in [5.74, 6) is 0.887. The molecule has 1 fully saturated rings. The third-order valence-corrected chi connectivity index (χ3v) is 4.40. The Balaban J connectivity index is 1.89. The molecule has 0 bridgehead atoms. The fourth-order valence-electron chi connectivity index (χ4n) is 3.04. The van der Waals surface area contributed by atoms with Gasteiger partial charge in [0.1, 0.15) is 0 Å². The minimum atomic E-state index is 0.205. The summed E-state index contributed by atoms with van der Waals surface area (Å²) in [6.45, 7) is 3.95. The van der Waals surface area contributed by atoms with E-state index in [0.717, 1.165) is 43.6 Å². The average Bonchev–Trinajstić information content (AvgIpc) is 2.48. The van der Waals surface area contributed by atoms with Gasteiger partial charge >= 0.3 is 0 Å². The molecule has 1 amide bonds. The number of amides is 1. The molecule has 0 aromatic heterocycles. The van der Waals surface area contributed by atoms with E-state index in [-0.39, 0.29) is 18.4 Å². The Kier molecular flexibility index (Phi) is 5.62. The lowest BCUT2D eigenvalue weighted by Crippen LogP contribution is -2.40. The molecule has 116 valence electrons. The van der Waals surface area contributed by atoms with E-state index in [1.54, 1.807) is 0 Å². The number of carbonyl (C=O) groups is 1. The summed E-state index contributed by atoms with van der Waals surface area (Å²) in [5, 5.41) is 9.05. The van der Waals surface area contributed by atoms with Crippen molar-refractivity contribution < 1.29 is 9.90 Å². The van der Waals surface area contributed by atoms with E-state index in [4.69, 9.17) is 10.8 Å². The first-order chi connectivity index (χ1) is 10.1. The predicted octanol–water partition coefficient (Wildman–Crippen LogP) is 2.38. The molecule has 2 rings (SSSR count). The van der Waals surface area contributed by atoms with E-state index in [1.807, 2.05) is 29.2 Å². The van der Waals surface area contributed by atoms with Crippen molar-refractivity contribution in [3.8, 4) is 0 Å². The Labute approximate surface area is 126 Å². The Morgan fingerprint density at radius 2 is 2.14 bits per heavy atom. The monoisotopic (exact) mass is 290 g/mol. The summed E-state index contributed by atoms with van der Waals surface area (Å²) >= 11 is 0. The molecule has 4 heteroatoms. The van der Waals surface area contributed by atoms with Crippen LogP contribution in [0.15, 0.2) is 24.3 Å². The van der Waals surface area contributed by atoms with Crippen LogP contribution in [0.2, 0.25) is 0 Å². The van der Waals surface area contributed by atoms with Crippen LogP contribution in [-0.4, -0.2) is 35.6 Å². The fourth-order valence-corrected chi connectivity index (χ4v) is 3.04. The van der Waals surface area contributed by atoms with E-state index >= 15 is 0 Å². The molecule has 21 heavy (non-hydrogen) atoms. The van der Waals surface area contributed by atoms with Gasteiger partial charge in [0.25, 0.3) is 0 Å². The van der Waals surface area contributed by atoms with Crippen molar-refractivity contribution >= 4 is 11.6 Å². The highest BCUT2D eigenvalue weighted by molar-refractivity contribution is 5.77. The first kappa shape index (κ1) is 15.8. The van der Waals surface area contributed by atoms with Crippen molar-refractivity contribution in [2.45, 2.75) is 38.5 Å². The van der Waals surface area contributed by atoms with Gasteiger partial charge in [-0.2, -0.15) is 0 Å². The van der Waals surface area contributed by atoms with E-state index in [2.05, 4.69) is 6.92 Å². The molecule has 1 aromatic rings. The van der Waals surface area contributed by atoms with Gasteiger partial charge in [0.05, 0.1) is 0 Å². The van der Waals surface area contributed by atoms with Gasteiger partial charge in [0.2, 0.25) is 5.91 Å². The molecule has 1 aliphatic rings. The lowest BCUT2D eigenvalue weighted by atomic mass is 9.93. The number of anilines is 1. The molecule has 2 atom stereocenters. The quantitative estimate of drug-likeness (QED) is 0.818. The predicted molar refractivity (Wildman–Crippen MR) is 84.9 cm³/mol. The molecule has 1 aliphatic heterocycles. The number of aliphatic hydroxyl groups excluding tert-OH is 1. The summed E-state index contributed by atoms with van der Waals surface area (Å²) < 4.78 is 0. The van der Waals surface area contributed by atoms with E-state index in [9.17, 15) is 4.79 Å². The highest BCUT2D eigenvalue weighted by atomic mass is 16.3. The van der Waals surface area contributed by atoms with Gasteiger partial charge < -0.3 is 15.7 Å². The van der Waals surface area contributed by atoms with E-state index in [1.165, 1.54) is 0 Å². The Morgan fingerprint density at radius 3 is 2.81 bits per heavy atom. The number of piperidine rings is 1. The van der Waals surface area contributed by atoms with Crippen LogP contribution < -0.4 is 5.73 Å². The average molecular weight is 290 g/mol. The molecule has 2 unspecified atom stereocenters. The molecule has 1 aromatic carbocycles. The highest BCUT2D eigenvalue weighted by Crippen LogP contribution is 2.24. The van der Waals surface area contributed by atoms with Crippen LogP contribution in [0.4, 0.5) is 5.69 Å². The summed E-state index contributed by atoms with van der Waals surface area (Å²) in [7, 11) is 0. The van der Waals surface area contributed by atoms with Crippen molar-refractivity contribution in [3.63, 3.8) is 0 Å². The summed E-state index contributed by atoms with van der Waals surface area (Å²) in [6, 6.07) is 7.76. The van der Waals surface area contributed by atoms with Crippen LogP contribution in [0.1, 0.15) is 44.1 Å². The number of nitrogens with zero attached hydrogens (tertiary/aromatic N) is 1. The van der Waals surface area contributed by atoms with E-state index in [0.29, 0.717) is 12.3 Å².